The van der Waals surface area contributed by atoms with Crippen LogP contribution in [0.5, 0.6) is 5.75 Å². The van der Waals surface area contributed by atoms with Crippen molar-refractivity contribution in [1.29, 1.82) is 0 Å². The molecule has 1 heterocycles. The maximum absolute atomic E-state index is 12.3. The summed E-state index contributed by atoms with van der Waals surface area (Å²) >= 11 is 0. The highest BCUT2D eigenvalue weighted by Gasteiger charge is 2.17. The van der Waals surface area contributed by atoms with E-state index in [1.165, 1.54) is 6.08 Å². The number of rotatable bonds is 11. The number of ether oxygens (including phenoxy) is 1. The molecule has 0 unspecified atom stereocenters. The summed E-state index contributed by atoms with van der Waals surface area (Å²) < 4.78 is 5.74. The fourth-order valence-corrected chi connectivity index (χ4v) is 4.28. The zero-order valence-corrected chi connectivity index (χ0v) is 23.5. The first-order valence-corrected chi connectivity index (χ1v) is 12.7. The average Bonchev–Trinajstić information content (AvgIpc) is 3.33. The Kier molecular flexibility index (Phi) is 8.41. The number of carbonyl (C=O) groups excluding carboxylic acids is 1. The minimum Gasteiger partial charge on any atom is -0.494 e. The topological polar surface area (TPSA) is 88.8 Å². The second-order valence-electron chi connectivity index (χ2n) is 9.89. The predicted molar refractivity (Wildman–Crippen MR) is 163 cm³/mol. The number of anilines is 5. The van der Waals surface area contributed by atoms with Crippen LogP contribution in [0.3, 0.4) is 0 Å². The summed E-state index contributed by atoms with van der Waals surface area (Å²) in [6.45, 7) is 5.22. The predicted octanol–water partition coefficient (Wildman–Crippen LogP) is 5.17. The molecule has 0 bridgehead atoms. The molecule has 1 aromatic heterocycles. The molecule has 0 spiro atoms. The number of hydrogen-bond donors (Lipinski definition) is 3. The number of amides is 1. The summed E-state index contributed by atoms with van der Waals surface area (Å²) in [7, 11) is 11.7. The summed E-state index contributed by atoms with van der Waals surface area (Å²) in [5.41, 5.74) is 6.45. The van der Waals surface area contributed by atoms with Gasteiger partial charge in [0.1, 0.15) is 5.75 Å². The van der Waals surface area contributed by atoms with Gasteiger partial charge in [0, 0.05) is 51.4 Å². The third kappa shape index (κ3) is 6.32. The Labute approximate surface area is 230 Å². The van der Waals surface area contributed by atoms with E-state index in [4.69, 9.17) is 4.74 Å². The van der Waals surface area contributed by atoms with Gasteiger partial charge in [0.15, 0.2) is 5.82 Å². The quantitative estimate of drug-likeness (QED) is 0.232. The van der Waals surface area contributed by atoms with Gasteiger partial charge in [-0.3, -0.25) is 9.89 Å². The number of fused-ring (bicyclic) bond motifs is 1. The van der Waals surface area contributed by atoms with Gasteiger partial charge in [0.05, 0.1) is 29.7 Å². The number of H-pyrrole nitrogens is 1. The van der Waals surface area contributed by atoms with Crippen LogP contribution in [-0.4, -0.2) is 76.4 Å². The van der Waals surface area contributed by atoms with Crippen molar-refractivity contribution in [3.63, 3.8) is 0 Å². The van der Waals surface area contributed by atoms with Crippen LogP contribution in [0, 0.1) is 0 Å². The van der Waals surface area contributed by atoms with Crippen molar-refractivity contribution in [3.8, 4) is 16.9 Å². The zero-order chi connectivity index (χ0) is 28.1. The van der Waals surface area contributed by atoms with E-state index in [1.54, 1.807) is 7.11 Å². The average molecular weight is 528 g/mol. The maximum Gasteiger partial charge on any atom is 0.247 e. The highest BCUT2D eigenvalue weighted by molar-refractivity contribution is 6.02. The molecular weight excluding hydrogens is 490 g/mol. The molecule has 3 aromatic carbocycles. The van der Waals surface area contributed by atoms with Crippen molar-refractivity contribution in [2.75, 3.05) is 75.9 Å². The molecule has 0 aliphatic heterocycles. The third-order valence-electron chi connectivity index (χ3n) is 6.59. The summed E-state index contributed by atoms with van der Waals surface area (Å²) in [6, 6.07) is 18.5. The van der Waals surface area contributed by atoms with E-state index in [0.29, 0.717) is 22.9 Å². The van der Waals surface area contributed by atoms with Crippen LogP contribution in [0.1, 0.15) is 0 Å². The van der Waals surface area contributed by atoms with Crippen LogP contribution >= 0.6 is 0 Å². The third-order valence-corrected chi connectivity index (χ3v) is 6.59. The van der Waals surface area contributed by atoms with Crippen molar-refractivity contribution >= 4 is 45.4 Å². The van der Waals surface area contributed by atoms with E-state index in [2.05, 4.69) is 78.5 Å². The Balaban J connectivity index is 1.66. The Morgan fingerprint density at radius 3 is 2.33 bits per heavy atom. The lowest BCUT2D eigenvalue weighted by Gasteiger charge is -2.26. The highest BCUT2D eigenvalue weighted by Crippen LogP contribution is 2.39. The largest absolute Gasteiger partial charge is 0.494 e. The minimum atomic E-state index is -0.287. The monoisotopic (exact) mass is 527 g/mol. The van der Waals surface area contributed by atoms with Crippen molar-refractivity contribution in [3.05, 3.63) is 67.3 Å². The van der Waals surface area contributed by atoms with Crippen LogP contribution in [0.2, 0.25) is 0 Å². The molecule has 0 aliphatic rings. The lowest BCUT2D eigenvalue weighted by Crippen LogP contribution is -2.29. The van der Waals surface area contributed by atoms with E-state index in [0.717, 1.165) is 46.5 Å². The normalized spacial score (nSPS) is 10.9. The van der Waals surface area contributed by atoms with Gasteiger partial charge in [-0.25, -0.2) is 0 Å². The van der Waals surface area contributed by atoms with E-state index >= 15 is 0 Å². The van der Waals surface area contributed by atoms with Gasteiger partial charge < -0.3 is 30.1 Å². The Bertz CT molecular complexity index is 1460. The van der Waals surface area contributed by atoms with Gasteiger partial charge in [0.25, 0.3) is 0 Å². The highest BCUT2D eigenvalue weighted by atomic mass is 16.5. The number of likely N-dealkylation sites (N-methyl/N-ethyl adjacent to an activating group) is 2. The number of methoxy groups -OCH3 is 1. The molecule has 4 aromatic rings. The SMILES string of the molecule is C=CC(=O)Nc1cc(Nc2n[nH]c3cc(-c4ccc(N(C)C)cc4)ccc23)c(OC)cc1N(C)CCN(C)C. The second-order valence-corrected chi connectivity index (χ2v) is 9.89. The molecule has 0 fully saturated rings. The molecule has 0 saturated carbocycles. The fraction of sp³-hybridized carbons (Fsp3) is 0.267. The summed E-state index contributed by atoms with van der Waals surface area (Å²) in [4.78, 5) is 18.5. The smallest absolute Gasteiger partial charge is 0.247 e. The van der Waals surface area contributed by atoms with Gasteiger partial charge in [-0.2, -0.15) is 5.10 Å². The maximum atomic E-state index is 12.3. The second kappa shape index (κ2) is 11.9. The number of carbonyl (C=O) groups is 1. The molecule has 4 rings (SSSR count). The molecule has 0 radical (unpaired) electrons. The van der Waals surface area contributed by atoms with Crippen LogP contribution in [-0.2, 0) is 4.79 Å². The number of aromatic nitrogens is 2. The van der Waals surface area contributed by atoms with Crippen LogP contribution in [0.4, 0.5) is 28.6 Å². The summed E-state index contributed by atoms with van der Waals surface area (Å²) in [5, 5.41) is 14.9. The number of benzene rings is 3. The molecule has 0 saturated heterocycles. The molecule has 9 heteroatoms. The van der Waals surface area contributed by atoms with E-state index in [9.17, 15) is 4.79 Å². The van der Waals surface area contributed by atoms with Gasteiger partial charge in [-0.05, 0) is 61.6 Å². The number of nitrogens with zero attached hydrogens (tertiary/aromatic N) is 4. The molecule has 0 aliphatic carbocycles. The zero-order valence-electron chi connectivity index (χ0n) is 23.5. The first kappa shape index (κ1) is 27.5. The van der Waals surface area contributed by atoms with Crippen LogP contribution < -0.4 is 25.2 Å². The molecular formula is C30H37N7O2. The standard InChI is InChI=1S/C30H37N7O2/c1-8-29(38)31-25-18-26(28(39-7)19-27(25)37(6)16-15-35(2)3)32-30-23-14-11-21(17-24(23)33-34-30)20-9-12-22(13-10-20)36(4)5/h8-14,17-19H,1,15-16H2,2-7H3,(H,31,38)(H2,32,33,34). The molecule has 204 valence electrons. The van der Waals surface area contributed by atoms with Gasteiger partial charge in [-0.15, -0.1) is 0 Å². The number of hydrogen-bond acceptors (Lipinski definition) is 7. The van der Waals surface area contributed by atoms with Gasteiger partial charge in [-0.1, -0.05) is 24.8 Å². The Morgan fingerprint density at radius 2 is 1.69 bits per heavy atom. The number of nitrogens with one attached hydrogen (secondary N) is 3. The molecule has 0 atom stereocenters. The molecule has 1 amide bonds. The lowest BCUT2D eigenvalue weighted by molar-refractivity contribution is -0.111. The molecule has 39 heavy (non-hydrogen) atoms. The van der Waals surface area contributed by atoms with E-state index in [1.807, 2.05) is 53.4 Å². The first-order chi connectivity index (χ1) is 18.7. The van der Waals surface area contributed by atoms with Crippen molar-refractivity contribution in [2.24, 2.45) is 0 Å². The first-order valence-electron chi connectivity index (χ1n) is 12.7. The van der Waals surface area contributed by atoms with Crippen molar-refractivity contribution in [1.82, 2.24) is 15.1 Å². The lowest BCUT2D eigenvalue weighted by atomic mass is 10.0. The van der Waals surface area contributed by atoms with Crippen LogP contribution in [0.25, 0.3) is 22.0 Å². The Hall–Kier alpha value is -4.50. The van der Waals surface area contributed by atoms with Crippen LogP contribution in [0.15, 0.2) is 67.3 Å². The molecule has 3 N–H and O–H groups in total. The Morgan fingerprint density at radius 1 is 0.974 bits per heavy atom. The van der Waals surface area contributed by atoms with Crippen molar-refractivity contribution < 1.29 is 9.53 Å². The van der Waals surface area contributed by atoms with E-state index in [-0.39, 0.29) is 5.91 Å². The summed E-state index contributed by atoms with van der Waals surface area (Å²) in [6.07, 6.45) is 1.26. The summed E-state index contributed by atoms with van der Waals surface area (Å²) in [5.74, 6) is 1.00. The van der Waals surface area contributed by atoms with E-state index < -0.39 is 0 Å². The molecule has 9 nitrogen and oxygen atoms in total. The van der Waals surface area contributed by atoms with Crippen molar-refractivity contribution in [2.45, 2.75) is 0 Å². The number of aromatic amines is 1. The minimum absolute atomic E-state index is 0.287. The van der Waals surface area contributed by atoms with Gasteiger partial charge >= 0.3 is 0 Å². The fourth-order valence-electron chi connectivity index (χ4n) is 4.28. The van der Waals surface area contributed by atoms with Gasteiger partial charge in [0.2, 0.25) is 5.91 Å².